The van der Waals surface area contributed by atoms with Crippen molar-refractivity contribution in [2.45, 2.75) is 24.0 Å². The number of aryl methyl sites for hydroxylation is 1. The predicted molar refractivity (Wildman–Crippen MR) is 127 cm³/mol. The van der Waals surface area contributed by atoms with Gasteiger partial charge in [-0.15, -0.1) is 5.10 Å². The molecule has 0 radical (unpaired) electrons. The molecule has 2 aromatic carbocycles. The number of hydrogen-bond donors (Lipinski definition) is 1. The number of thioether (sulfide) groups is 1. The quantitative estimate of drug-likeness (QED) is 0.488. The van der Waals surface area contributed by atoms with E-state index in [1.165, 1.54) is 16.4 Å². The van der Waals surface area contributed by atoms with Crippen LogP contribution in [0.15, 0.2) is 47.6 Å². The third-order valence-corrected chi connectivity index (χ3v) is 6.65. The van der Waals surface area contributed by atoms with Gasteiger partial charge in [0.05, 0.1) is 26.0 Å². The monoisotopic (exact) mass is 482 g/mol. The van der Waals surface area contributed by atoms with Gasteiger partial charge in [-0.05, 0) is 59.7 Å². The van der Waals surface area contributed by atoms with Crippen LogP contribution in [-0.2, 0) is 11.8 Å². The van der Waals surface area contributed by atoms with Gasteiger partial charge in [0.2, 0.25) is 11.1 Å². The molecule has 4 rings (SSSR count). The van der Waals surface area contributed by atoms with E-state index >= 15 is 0 Å². The van der Waals surface area contributed by atoms with E-state index in [4.69, 9.17) is 9.47 Å². The SMILES string of the molecule is COc1ccc([C@H]2CCCN2C(=O)c2ccc(NC(=O)CSc3nnnn3C)cc2)c(OC)c1. The maximum Gasteiger partial charge on any atom is 0.254 e. The zero-order chi connectivity index (χ0) is 24.1. The summed E-state index contributed by atoms with van der Waals surface area (Å²) < 4.78 is 12.4. The molecule has 2 heterocycles. The Morgan fingerprint density at radius 2 is 1.94 bits per heavy atom. The van der Waals surface area contributed by atoms with Crippen molar-refractivity contribution in [1.29, 1.82) is 0 Å². The minimum atomic E-state index is -0.182. The number of nitrogens with zero attached hydrogens (tertiary/aromatic N) is 5. The van der Waals surface area contributed by atoms with Gasteiger partial charge in [0.25, 0.3) is 5.91 Å². The van der Waals surface area contributed by atoms with Crippen molar-refractivity contribution < 1.29 is 19.1 Å². The van der Waals surface area contributed by atoms with E-state index in [-0.39, 0.29) is 23.6 Å². The molecule has 0 spiro atoms. The van der Waals surface area contributed by atoms with E-state index in [1.54, 1.807) is 45.5 Å². The molecule has 1 aliphatic rings. The summed E-state index contributed by atoms with van der Waals surface area (Å²) in [5, 5.41) is 14.5. The Labute approximate surface area is 201 Å². The molecular weight excluding hydrogens is 456 g/mol. The molecule has 1 fully saturated rings. The van der Waals surface area contributed by atoms with Crippen LogP contribution in [0.5, 0.6) is 11.5 Å². The number of nitrogens with one attached hydrogen (secondary N) is 1. The molecule has 1 saturated heterocycles. The number of likely N-dealkylation sites (tertiary alicyclic amines) is 1. The summed E-state index contributed by atoms with van der Waals surface area (Å²) in [5.74, 6) is 1.35. The number of hydrogen-bond acceptors (Lipinski definition) is 8. The van der Waals surface area contributed by atoms with Crippen molar-refractivity contribution in [2.24, 2.45) is 7.05 Å². The first kappa shape index (κ1) is 23.6. The van der Waals surface area contributed by atoms with Crippen LogP contribution in [0.4, 0.5) is 5.69 Å². The highest BCUT2D eigenvalue weighted by Gasteiger charge is 2.32. The van der Waals surface area contributed by atoms with Gasteiger partial charge in [0.15, 0.2) is 0 Å². The standard InChI is InChI=1S/C23H26N6O4S/c1-28-23(25-26-27-28)34-14-21(30)24-16-8-6-15(7-9-16)22(31)29-12-4-5-19(29)18-11-10-17(32-2)13-20(18)33-3/h6-11,13,19H,4-5,12,14H2,1-3H3,(H,24,30)/t19-/m1/s1. The average molecular weight is 483 g/mol. The summed E-state index contributed by atoms with van der Waals surface area (Å²) in [7, 11) is 4.95. The van der Waals surface area contributed by atoms with Crippen molar-refractivity contribution in [1.82, 2.24) is 25.1 Å². The highest BCUT2D eigenvalue weighted by Crippen LogP contribution is 2.39. The van der Waals surface area contributed by atoms with Gasteiger partial charge >= 0.3 is 0 Å². The molecule has 34 heavy (non-hydrogen) atoms. The first-order chi connectivity index (χ1) is 16.5. The summed E-state index contributed by atoms with van der Waals surface area (Å²) in [6.45, 7) is 0.672. The lowest BCUT2D eigenvalue weighted by molar-refractivity contribution is -0.113. The maximum atomic E-state index is 13.3. The largest absolute Gasteiger partial charge is 0.497 e. The van der Waals surface area contributed by atoms with Crippen molar-refractivity contribution in [3.8, 4) is 11.5 Å². The first-order valence-electron chi connectivity index (χ1n) is 10.8. The number of methoxy groups -OCH3 is 2. The molecule has 0 aliphatic carbocycles. The normalized spacial score (nSPS) is 15.3. The number of ether oxygens (including phenoxy) is 2. The highest BCUT2D eigenvalue weighted by atomic mass is 32.2. The number of anilines is 1. The molecule has 0 bridgehead atoms. The van der Waals surface area contributed by atoms with Crippen LogP contribution in [-0.4, -0.2) is 63.4 Å². The van der Waals surface area contributed by atoms with Crippen molar-refractivity contribution in [3.63, 3.8) is 0 Å². The molecule has 1 aliphatic heterocycles. The Morgan fingerprint density at radius 1 is 1.15 bits per heavy atom. The van der Waals surface area contributed by atoms with E-state index in [0.29, 0.717) is 34.5 Å². The van der Waals surface area contributed by atoms with Crippen LogP contribution in [0.25, 0.3) is 0 Å². The Kier molecular flexibility index (Phi) is 7.31. The van der Waals surface area contributed by atoms with Crippen molar-refractivity contribution in [3.05, 3.63) is 53.6 Å². The summed E-state index contributed by atoms with van der Waals surface area (Å²) in [6.07, 6.45) is 1.78. The molecule has 0 unspecified atom stereocenters. The molecule has 10 nitrogen and oxygen atoms in total. The van der Waals surface area contributed by atoms with E-state index in [0.717, 1.165) is 18.4 Å². The van der Waals surface area contributed by atoms with Gasteiger partial charge in [-0.1, -0.05) is 11.8 Å². The zero-order valence-corrected chi connectivity index (χ0v) is 20.0. The summed E-state index contributed by atoms with van der Waals surface area (Å²) >= 11 is 1.25. The molecule has 178 valence electrons. The lowest BCUT2D eigenvalue weighted by Crippen LogP contribution is -2.30. The van der Waals surface area contributed by atoms with Gasteiger partial charge in [0, 0.05) is 36.5 Å². The lowest BCUT2D eigenvalue weighted by Gasteiger charge is -2.26. The third kappa shape index (κ3) is 5.14. The smallest absolute Gasteiger partial charge is 0.254 e. The predicted octanol–water partition coefficient (Wildman–Crippen LogP) is 2.94. The number of amides is 2. The van der Waals surface area contributed by atoms with Gasteiger partial charge in [-0.2, -0.15) is 0 Å². The van der Waals surface area contributed by atoms with Crippen LogP contribution in [0.3, 0.4) is 0 Å². The number of tetrazole rings is 1. The Morgan fingerprint density at radius 3 is 2.62 bits per heavy atom. The van der Waals surface area contributed by atoms with Gasteiger partial charge in [-0.25, -0.2) is 4.68 Å². The Bertz CT molecular complexity index is 1170. The second-order valence-electron chi connectivity index (χ2n) is 7.76. The molecule has 1 N–H and O–H groups in total. The number of carbonyl (C=O) groups is 2. The van der Waals surface area contributed by atoms with Gasteiger partial charge in [0.1, 0.15) is 11.5 Å². The molecule has 1 aromatic heterocycles. The molecule has 11 heteroatoms. The molecular formula is C23H26N6O4S. The molecule has 1 atom stereocenters. The van der Waals surface area contributed by atoms with Crippen LogP contribution >= 0.6 is 11.8 Å². The van der Waals surface area contributed by atoms with E-state index in [2.05, 4.69) is 20.8 Å². The fourth-order valence-electron chi connectivity index (χ4n) is 3.96. The topological polar surface area (TPSA) is 111 Å². The fraction of sp³-hybridized carbons (Fsp3) is 0.348. The number of benzene rings is 2. The average Bonchev–Trinajstić information content (AvgIpc) is 3.51. The number of carbonyl (C=O) groups excluding carboxylic acids is 2. The van der Waals surface area contributed by atoms with Gasteiger partial charge in [-0.3, -0.25) is 9.59 Å². The molecule has 3 aromatic rings. The van der Waals surface area contributed by atoms with E-state index < -0.39 is 0 Å². The molecule has 2 amide bonds. The van der Waals surface area contributed by atoms with E-state index in [9.17, 15) is 9.59 Å². The van der Waals surface area contributed by atoms with Crippen LogP contribution in [0, 0.1) is 0 Å². The second kappa shape index (κ2) is 10.6. The summed E-state index contributed by atoms with van der Waals surface area (Å²) in [5.41, 5.74) is 2.15. The van der Waals surface area contributed by atoms with Crippen LogP contribution in [0.2, 0.25) is 0 Å². The van der Waals surface area contributed by atoms with Crippen molar-refractivity contribution in [2.75, 3.05) is 31.8 Å². The van der Waals surface area contributed by atoms with Crippen LogP contribution < -0.4 is 14.8 Å². The zero-order valence-electron chi connectivity index (χ0n) is 19.2. The third-order valence-electron chi connectivity index (χ3n) is 5.64. The minimum absolute atomic E-state index is 0.0522. The lowest BCUT2D eigenvalue weighted by atomic mass is 10.0. The molecule has 0 saturated carbocycles. The van der Waals surface area contributed by atoms with Crippen molar-refractivity contribution >= 4 is 29.3 Å². The highest BCUT2D eigenvalue weighted by molar-refractivity contribution is 7.99. The second-order valence-corrected chi connectivity index (χ2v) is 8.71. The van der Waals surface area contributed by atoms with E-state index in [1.807, 2.05) is 23.1 Å². The summed E-state index contributed by atoms with van der Waals surface area (Å²) in [6, 6.07) is 12.6. The van der Waals surface area contributed by atoms with Gasteiger partial charge < -0.3 is 19.7 Å². The van der Waals surface area contributed by atoms with Crippen LogP contribution in [0.1, 0.15) is 34.8 Å². The number of aromatic nitrogens is 4. The maximum absolute atomic E-state index is 13.3. The summed E-state index contributed by atoms with van der Waals surface area (Å²) in [4.78, 5) is 27.4. The Balaban J connectivity index is 1.41. The fourth-order valence-corrected chi connectivity index (χ4v) is 4.61. The Hall–Kier alpha value is -3.60. The minimum Gasteiger partial charge on any atom is -0.497 e. The number of rotatable bonds is 8. The first-order valence-corrected chi connectivity index (χ1v) is 11.8.